The summed E-state index contributed by atoms with van der Waals surface area (Å²) >= 11 is 0. The van der Waals surface area contributed by atoms with Gasteiger partial charge in [0.15, 0.2) is 0 Å². The summed E-state index contributed by atoms with van der Waals surface area (Å²) in [6.07, 6.45) is 0. The Morgan fingerprint density at radius 3 is 1.50 bits per heavy atom. The minimum atomic E-state index is -0.986. The summed E-state index contributed by atoms with van der Waals surface area (Å²) in [6.45, 7) is 2.74. The molecule has 0 saturated heterocycles. The maximum atomic E-state index is 10.3. The van der Waals surface area contributed by atoms with Gasteiger partial charge in [0, 0.05) is 0 Å². The number of carboxylic acids is 2. The average molecular weight is 206 g/mol. The Labute approximate surface area is 81.4 Å². The number of hydrogen-bond acceptors (Lipinski definition) is 4. The van der Waals surface area contributed by atoms with Crippen molar-refractivity contribution in [1.29, 1.82) is 0 Å². The van der Waals surface area contributed by atoms with Gasteiger partial charge in [-0.2, -0.15) is 0 Å². The first kappa shape index (κ1) is 12.9. The summed E-state index contributed by atoms with van der Waals surface area (Å²) in [7, 11) is 0. The third-order valence-electron chi connectivity index (χ3n) is 1.56. The molecule has 0 aliphatic carbocycles. The molecule has 0 spiro atoms. The molecule has 6 heteroatoms. The van der Waals surface area contributed by atoms with E-state index in [0.29, 0.717) is 0 Å². The highest BCUT2D eigenvalue weighted by Gasteiger charge is 2.14. The summed E-state index contributed by atoms with van der Waals surface area (Å²) in [4.78, 5) is 29.7. The van der Waals surface area contributed by atoms with Crippen LogP contribution in [0.5, 0.6) is 0 Å². The summed E-state index contributed by atoms with van der Waals surface area (Å²) < 4.78 is 0. The van der Waals surface area contributed by atoms with Gasteiger partial charge in [-0.1, -0.05) is 0 Å². The standard InChI is InChI=1S/C8H14O6/c1-5(7(9)10)3-13-14-4-6(2)8(11)12/h5-6H,3-4H2,1-2H3,(H,9,10)(H,11,12). The maximum Gasteiger partial charge on any atom is 0.308 e. The number of carbonyl (C=O) groups is 2. The molecule has 0 fully saturated rings. The van der Waals surface area contributed by atoms with Crippen LogP contribution in [0, 0.1) is 11.8 Å². The van der Waals surface area contributed by atoms with Crippen LogP contribution in [0.25, 0.3) is 0 Å². The predicted octanol–water partition coefficient (Wildman–Crippen LogP) is 0.376. The second-order valence-corrected chi connectivity index (χ2v) is 3.05. The van der Waals surface area contributed by atoms with Gasteiger partial charge in [-0.15, -0.1) is 0 Å². The summed E-state index contributed by atoms with van der Waals surface area (Å²) in [5.74, 6) is -3.31. The Bertz CT molecular complexity index is 180. The molecule has 0 aromatic carbocycles. The molecule has 2 N–H and O–H groups in total. The normalized spacial score (nSPS) is 14.7. The molecule has 2 atom stereocenters. The molecule has 2 unspecified atom stereocenters. The average Bonchev–Trinajstić information content (AvgIpc) is 2.11. The van der Waals surface area contributed by atoms with Crippen LogP contribution in [-0.4, -0.2) is 35.4 Å². The molecule has 0 heterocycles. The van der Waals surface area contributed by atoms with Gasteiger partial charge in [-0.25, -0.2) is 9.78 Å². The minimum absolute atomic E-state index is 0.0956. The molecule has 0 aromatic heterocycles. The van der Waals surface area contributed by atoms with Crippen LogP contribution in [0.1, 0.15) is 13.8 Å². The van der Waals surface area contributed by atoms with Crippen LogP contribution < -0.4 is 0 Å². The third kappa shape index (κ3) is 5.50. The molecule has 0 bridgehead atoms. The molecule has 0 saturated carbocycles. The summed E-state index contributed by atoms with van der Waals surface area (Å²) in [5, 5.41) is 16.9. The first-order valence-corrected chi connectivity index (χ1v) is 4.15. The van der Waals surface area contributed by atoms with Crippen LogP contribution in [0.4, 0.5) is 0 Å². The van der Waals surface area contributed by atoms with Gasteiger partial charge >= 0.3 is 11.9 Å². The van der Waals surface area contributed by atoms with Crippen molar-refractivity contribution in [2.75, 3.05) is 13.2 Å². The zero-order chi connectivity index (χ0) is 11.1. The number of aliphatic carboxylic acids is 2. The smallest absolute Gasteiger partial charge is 0.308 e. The van der Waals surface area contributed by atoms with E-state index in [2.05, 4.69) is 9.78 Å². The first-order chi connectivity index (χ1) is 6.45. The second kappa shape index (κ2) is 6.33. The highest BCUT2D eigenvalue weighted by atomic mass is 17.2. The van der Waals surface area contributed by atoms with Crippen molar-refractivity contribution in [2.24, 2.45) is 11.8 Å². The lowest BCUT2D eigenvalue weighted by Gasteiger charge is -2.08. The van der Waals surface area contributed by atoms with E-state index in [4.69, 9.17) is 10.2 Å². The lowest BCUT2D eigenvalue weighted by atomic mass is 10.2. The predicted molar refractivity (Wildman–Crippen MR) is 45.5 cm³/mol. The Morgan fingerprint density at radius 2 is 1.29 bits per heavy atom. The molecule has 0 aromatic rings. The molecule has 0 aliphatic heterocycles. The second-order valence-electron chi connectivity index (χ2n) is 3.05. The SMILES string of the molecule is CC(COOCC(C)C(=O)O)C(=O)O. The number of carboxylic acid groups (broad SMARTS) is 2. The highest BCUT2D eigenvalue weighted by molar-refractivity contribution is 5.69. The highest BCUT2D eigenvalue weighted by Crippen LogP contribution is 1.99. The molecule has 0 rings (SSSR count). The van der Waals surface area contributed by atoms with Crippen molar-refractivity contribution in [2.45, 2.75) is 13.8 Å². The molecule has 6 nitrogen and oxygen atoms in total. The lowest BCUT2D eigenvalue weighted by molar-refractivity contribution is -0.304. The molecule has 82 valence electrons. The van der Waals surface area contributed by atoms with Gasteiger partial charge in [0.2, 0.25) is 0 Å². The van der Waals surface area contributed by atoms with Gasteiger partial charge in [-0.3, -0.25) is 9.59 Å². The number of rotatable bonds is 7. The van der Waals surface area contributed by atoms with Crippen molar-refractivity contribution < 1.29 is 29.6 Å². The van der Waals surface area contributed by atoms with Crippen molar-refractivity contribution in [3.63, 3.8) is 0 Å². The van der Waals surface area contributed by atoms with E-state index >= 15 is 0 Å². The first-order valence-electron chi connectivity index (χ1n) is 4.15. The molecule has 0 aliphatic rings. The lowest BCUT2D eigenvalue weighted by Crippen LogP contribution is -2.20. The van der Waals surface area contributed by atoms with Crippen molar-refractivity contribution in [3.05, 3.63) is 0 Å². The Hall–Kier alpha value is -1.14. The van der Waals surface area contributed by atoms with Crippen molar-refractivity contribution in [1.82, 2.24) is 0 Å². The van der Waals surface area contributed by atoms with E-state index in [9.17, 15) is 9.59 Å². The van der Waals surface area contributed by atoms with Crippen LogP contribution >= 0.6 is 0 Å². The molecular weight excluding hydrogens is 192 g/mol. The topological polar surface area (TPSA) is 93.1 Å². The van der Waals surface area contributed by atoms with Gasteiger partial charge < -0.3 is 10.2 Å². The zero-order valence-electron chi connectivity index (χ0n) is 8.10. The third-order valence-corrected chi connectivity index (χ3v) is 1.56. The largest absolute Gasteiger partial charge is 0.481 e. The summed E-state index contributed by atoms with van der Waals surface area (Å²) in [6, 6.07) is 0. The van der Waals surface area contributed by atoms with E-state index in [-0.39, 0.29) is 13.2 Å². The Kier molecular flexibility index (Phi) is 5.82. The van der Waals surface area contributed by atoms with Crippen LogP contribution in [-0.2, 0) is 19.4 Å². The van der Waals surface area contributed by atoms with Crippen LogP contribution in [0.3, 0.4) is 0 Å². The van der Waals surface area contributed by atoms with E-state index in [1.165, 1.54) is 13.8 Å². The minimum Gasteiger partial charge on any atom is -0.481 e. The fourth-order valence-corrected chi connectivity index (χ4v) is 0.443. The van der Waals surface area contributed by atoms with E-state index in [1.807, 2.05) is 0 Å². The zero-order valence-corrected chi connectivity index (χ0v) is 8.10. The fraction of sp³-hybridized carbons (Fsp3) is 0.750. The summed E-state index contributed by atoms with van der Waals surface area (Å²) in [5.41, 5.74) is 0. The maximum absolute atomic E-state index is 10.3. The molecular formula is C8H14O6. The van der Waals surface area contributed by atoms with Crippen molar-refractivity contribution in [3.8, 4) is 0 Å². The van der Waals surface area contributed by atoms with Gasteiger partial charge in [0.05, 0.1) is 25.0 Å². The van der Waals surface area contributed by atoms with Crippen LogP contribution in [0.15, 0.2) is 0 Å². The van der Waals surface area contributed by atoms with Crippen molar-refractivity contribution >= 4 is 11.9 Å². The molecule has 0 amide bonds. The van der Waals surface area contributed by atoms with E-state index < -0.39 is 23.8 Å². The van der Waals surface area contributed by atoms with Crippen LogP contribution in [0.2, 0.25) is 0 Å². The van der Waals surface area contributed by atoms with Gasteiger partial charge in [0.1, 0.15) is 0 Å². The monoisotopic (exact) mass is 206 g/mol. The molecule has 0 radical (unpaired) electrons. The van der Waals surface area contributed by atoms with E-state index in [1.54, 1.807) is 0 Å². The van der Waals surface area contributed by atoms with Gasteiger partial charge in [0.25, 0.3) is 0 Å². The van der Waals surface area contributed by atoms with E-state index in [0.717, 1.165) is 0 Å². The fourth-order valence-electron chi connectivity index (χ4n) is 0.443. The number of hydrogen-bond donors (Lipinski definition) is 2. The quantitative estimate of drug-likeness (QED) is 0.355. The Morgan fingerprint density at radius 1 is 1.00 bits per heavy atom. The Balaban J connectivity index is 3.47. The van der Waals surface area contributed by atoms with Gasteiger partial charge in [-0.05, 0) is 13.8 Å². The molecule has 14 heavy (non-hydrogen) atoms.